The van der Waals surface area contributed by atoms with E-state index >= 15 is 0 Å². The van der Waals surface area contributed by atoms with Gasteiger partial charge in [0.15, 0.2) is 0 Å². The van der Waals surface area contributed by atoms with Crippen molar-refractivity contribution in [3.05, 3.63) is 57.3 Å². The van der Waals surface area contributed by atoms with Crippen molar-refractivity contribution in [2.75, 3.05) is 4.72 Å². The maximum Gasteiger partial charge on any atom is 0.261 e. The summed E-state index contributed by atoms with van der Waals surface area (Å²) in [4.78, 5) is -0.144. The van der Waals surface area contributed by atoms with Crippen LogP contribution in [0.5, 0.6) is 0 Å². The Bertz CT molecular complexity index is 783. The molecule has 21 heavy (non-hydrogen) atoms. The molecule has 0 amide bonds. The molecular weight excluding hydrogens is 385 g/mol. The van der Waals surface area contributed by atoms with Gasteiger partial charge < -0.3 is 5.11 Å². The average Bonchev–Trinajstić information content (AvgIpc) is 2.42. The van der Waals surface area contributed by atoms with Crippen LogP contribution in [0.2, 0.25) is 5.02 Å². The molecule has 2 aromatic rings. The van der Waals surface area contributed by atoms with Crippen molar-refractivity contribution < 1.29 is 17.9 Å². The van der Waals surface area contributed by atoms with Crippen LogP contribution < -0.4 is 4.72 Å². The maximum absolute atomic E-state index is 13.3. The molecule has 4 nitrogen and oxygen atoms in total. The molecule has 0 atom stereocenters. The highest BCUT2D eigenvalue weighted by Gasteiger charge is 2.17. The van der Waals surface area contributed by atoms with Gasteiger partial charge in [-0.05, 0) is 52.3 Å². The summed E-state index contributed by atoms with van der Waals surface area (Å²) >= 11 is 8.99. The summed E-state index contributed by atoms with van der Waals surface area (Å²) in [6, 6.07) is 7.79. The number of rotatable bonds is 4. The van der Waals surface area contributed by atoms with Crippen LogP contribution in [0, 0.1) is 5.82 Å². The summed E-state index contributed by atoms with van der Waals surface area (Å²) in [6.07, 6.45) is 0. The molecule has 0 aliphatic carbocycles. The third-order valence-corrected chi connectivity index (χ3v) is 4.93. The second-order valence-electron chi connectivity index (χ2n) is 4.14. The van der Waals surface area contributed by atoms with E-state index in [1.807, 2.05) is 0 Å². The molecule has 8 heteroatoms. The predicted molar refractivity (Wildman–Crippen MR) is 82.3 cm³/mol. The number of halogens is 3. The van der Waals surface area contributed by atoms with Crippen molar-refractivity contribution in [3.63, 3.8) is 0 Å². The molecule has 0 heterocycles. The first-order valence-electron chi connectivity index (χ1n) is 5.70. The van der Waals surface area contributed by atoms with Crippen LogP contribution >= 0.6 is 27.5 Å². The molecule has 0 bridgehead atoms. The van der Waals surface area contributed by atoms with Gasteiger partial charge in [-0.2, -0.15) is 0 Å². The smallest absolute Gasteiger partial charge is 0.261 e. The average molecular weight is 395 g/mol. The van der Waals surface area contributed by atoms with Crippen molar-refractivity contribution in [1.82, 2.24) is 0 Å². The molecule has 2 aromatic carbocycles. The number of aliphatic hydroxyl groups excluding tert-OH is 1. The van der Waals surface area contributed by atoms with Crippen LogP contribution in [0.1, 0.15) is 5.56 Å². The molecular formula is C13H10BrClFNO3S. The fraction of sp³-hybridized carbons (Fsp3) is 0.0769. The van der Waals surface area contributed by atoms with Gasteiger partial charge >= 0.3 is 0 Å². The summed E-state index contributed by atoms with van der Waals surface area (Å²) < 4.78 is 40.6. The maximum atomic E-state index is 13.3. The molecule has 2 rings (SSSR count). The Hall–Kier alpha value is -1.15. The van der Waals surface area contributed by atoms with Crippen LogP contribution in [0.15, 0.2) is 45.8 Å². The number of nitrogens with one attached hydrogen (secondary N) is 1. The van der Waals surface area contributed by atoms with Crippen molar-refractivity contribution in [2.45, 2.75) is 11.5 Å². The number of sulfonamides is 1. The SMILES string of the molecule is O=S(=O)(Nc1ccc(Cl)cc1Br)c1ccc(F)c(CO)c1. The van der Waals surface area contributed by atoms with E-state index in [4.69, 9.17) is 16.7 Å². The molecule has 0 saturated carbocycles. The molecule has 0 fully saturated rings. The lowest BCUT2D eigenvalue weighted by Crippen LogP contribution is -2.14. The summed E-state index contributed by atoms with van der Waals surface area (Å²) in [5.41, 5.74) is 0.210. The predicted octanol–water partition coefficient (Wildman–Crippen LogP) is 3.53. The quantitative estimate of drug-likeness (QED) is 0.833. The lowest BCUT2D eigenvalue weighted by Gasteiger charge is -2.11. The number of benzene rings is 2. The number of hydrogen-bond donors (Lipinski definition) is 2. The Morgan fingerprint density at radius 1 is 1.24 bits per heavy atom. The first-order valence-corrected chi connectivity index (χ1v) is 8.36. The van der Waals surface area contributed by atoms with Gasteiger partial charge in [0.05, 0.1) is 17.2 Å². The normalized spacial score (nSPS) is 11.4. The summed E-state index contributed by atoms with van der Waals surface area (Å²) in [5.74, 6) is -0.663. The largest absolute Gasteiger partial charge is 0.392 e. The monoisotopic (exact) mass is 393 g/mol. The third-order valence-electron chi connectivity index (χ3n) is 2.67. The number of hydrogen-bond acceptors (Lipinski definition) is 3. The lowest BCUT2D eigenvalue weighted by molar-refractivity contribution is 0.275. The molecule has 112 valence electrons. The van der Waals surface area contributed by atoms with Crippen LogP contribution in [0.4, 0.5) is 10.1 Å². The Morgan fingerprint density at radius 3 is 2.57 bits per heavy atom. The van der Waals surface area contributed by atoms with Crippen LogP contribution in [0.3, 0.4) is 0 Å². The van der Waals surface area contributed by atoms with Gasteiger partial charge in [-0.3, -0.25) is 4.72 Å². The van der Waals surface area contributed by atoms with Crippen LogP contribution in [-0.4, -0.2) is 13.5 Å². The zero-order valence-corrected chi connectivity index (χ0v) is 13.6. The first-order chi connectivity index (χ1) is 9.83. The minimum atomic E-state index is -3.90. The van der Waals surface area contributed by atoms with E-state index in [-0.39, 0.29) is 10.5 Å². The van der Waals surface area contributed by atoms with Crippen LogP contribution in [0.25, 0.3) is 0 Å². The summed E-state index contributed by atoms with van der Waals surface area (Å²) in [6.45, 7) is -0.583. The van der Waals surface area contributed by atoms with Crippen molar-refractivity contribution in [1.29, 1.82) is 0 Å². The zero-order valence-electron chi connectivity index (χ0n) is 10.5. The van der Waals surface area contributed by atoms with E-state index in [2.05, 4.69) is 20.7 Å². The van der Waals surface area contributed by atoms with Gasteiger partial charge in [-0.1, -0.05) is 11.6 Å². The standard InChI is InChI=1S/C13H10BrClFNO3S/c14-11-6-9(15)1-4-13(11)17-21(19,20)10-2-3-12(16)8(5-10)7-18/h1-6,17-18H,7H2. The third kappa shape index (κ3) is 3.74. The summed E-state index contributed by atoms with van der Waals surface area (Å²) in [5, 5.41) is 9.45. The van der Waals surface area contributed by atoms with Gasteiger partial charge in [0.2, 0.25) is 0 Å². The van der Waals surface area contributed by atoms with Gasteiger partial charge in [0, 0.05) is 15.1 Å². The molecule has 0 aliphatic heterocycles. The second-order valence-corrected chi connectivity index (χ2v) is 7.11. The van der Waals surface area contributed by atoms with E-state index in [9.17, 15) is 12.8 Å². The highest BCUT2D eigenvalue weighted by molar-refractivity contribution is 9.10. The lowest BCUT2D eigenvalue weighted by atomic mass is 10.2. The molecule has 0 aromatic heterocycles. The van der Waals surface area contributed by atoms with Crippen LogP contribution in [-0.2, 0) is 16.6 Å². The Morgan fingerprint density at radius 2 is 1.95 bits per heavy atom. The summed E-state index contributed by atoms with van der Waals surface area (Å²) in [7, 11) is -3.90. The van der Waals surface area contributed by atoms with Crippen molar-refractivity contribution in [2.24, 2.45) is 0 Å². The zero-order chi connectivity index (χ0) is 15.6. The fourth-order valence-corrected chi connectivity index (χ4v) is 3.66. The van der Waals surface area contributed by atoms with E-state index in [1.165, 1.54) is 12.1 Å². The Kier molecular flexibility index (Phi) is 4.88. The molecule has 0 radical (unpaired) electrons. The number of aliphatic hydroxyl groups is 1. The van der Waals surface area contributed by atoms with E-state index in [0.717, 1.165) is 18.2 Å². The van der Waals surface area contributed by atoms with Gasteiger partial charge in [-0.15, -0.1) is 0 Å². The van der Waals surface area contributed by atoms with Crippen molar-refractivity contribution in [3.8, 4) is 0 Å². The minimum Gasteiger partial charge on any atom is -0.392 e. The second kappa shape index (κ2) is 6.31. The minimum absolute atomic E-state index is 0.0898. The van der Waals surface area contributed by atoms with Gasteiger partial charge in [0.1, 0.15) is 5.82 Å². The van der Waals surface area contributed by atoms with E-state index in [0.29, 0.717) is 15.2 Å². The molecule has 0 aliphatic rings. The molecule has 0 spiro atoms. The van der Waals surface area contributed by atoms with Gasteiger partial charge in [0.25, 0.3) is 10.0 Å². The molecule has 0 unspecified atom stereocenters. The molecule has 0 saturated heterocycles. The topological polar surface area (TPSA) is 66.4 Å². The fourth-order valence-electron chi connectivity index (χ4n) is 1.62. The Balaban J connectivity index is 2.38. The first kappa shape index (κ1) is 16.2. The Labute approximate surface area is 134 Å². The highest BCUT2D eigenvalue weighted by Crippen LogP contribution is 2.28. The van der Waals surface area contributed by atoms with E-state index < -0.39 is 22.4 Å². The molecule has 2 N–H and O–H groups in total. The van der Waals surface area contributed by atoms with E-state index in [1.54, 1.807) is 6.07 Å². The van der Waals surface area contributed by atoms with Crippen molar-refractivity contribution >= 4 is 43.2 Å². The number of anilines is 1. The highest BCUT2D eigenvalue weighted by atomic mass is 79.9. The van der Waals surface area contributed by atoms with Gasteiger partial charge in [-0.25, -0.2) is 12.8 Å².